The number of hydrogen-bond donors (Lipinski definition) is 0. The van der Waals surface area contributed by atoms with Crippen LogP contribution in [0.1, 0.15) is 111 Å². The Morgan fingerprint density at radius 3 is 1.00 bits per heavy atom. The van der Waals surface area contributed by atoms with E-state index in [1.165, 1.54) is 153 Å². The molecule has 54 heavy (non-hydrogen) atoms. The summed E-state index contributed by atoms with van der Waals surface area (Å²) >= 11 is 0. The van der Waals surface area contributed by atoms with Crippen molar-refractivity contribution >= 4 is 0 Å². The molecule has 0 bridgehead atoms. The second-order valence-corrected chi connectivity index (χ2v) is 16.0. The maximum absolute atomic E-state index is 2.52. The number of hydrogen-bond acceptors (Lipinski definition) is 0. The lowest BCUT2D eigenvalue weighted by atomic mass is 9.86. The van der Waals surface area contributed by atoms with Crippen LogP contribution in [0.5, 0.6) is 0 Å². The van der Waals surface area contributed by atoms with E-state index in [2.05, 4.69) is 163 Å². The Morgan fingerprint density at radius 1 is 0.296 bits per heavy atom. The largest absolute Gasteiger partial charge is 0.0654 e. The summed E-state index contributed by atoms with van der Waals surface area (Å²) in [6.45, 7) is 13.4. The van der Waals surface area contributed by atoms with Gasteiger partial charge in [-0.05, 0) is 132 Å². The van der Waals surface area contributed by atoms with E-state index in [4.69, 9.17) is 0 Å². The van der Waals surface area contributed by atoms with Crippen LogP contribution in [0.4, 0.5) is 0 Å². The number of aryl methyl sites for hydroxylation is 6. The molecule has 0 spiro atoms. The number of unbranched alkanes of at least 4 members (excludes halogenated alkanes) is 8. The van der Waals surface area contributed by atoms with Crippen LogP contribution in [-0.4, -0.2) is 0 Å². The van der Waals surface area contributed by atoms with Gasteiger partial charge in [0.05, 0.1) is 0 Å². The first-order chi connectivity index (χ1) is 26.3. The molecule has 0 unspecified atom stereocenters. The highest BCUT2D eigenvalue weighted by Crippen LogP contribution is 2.37. The third kappa shape index (κ3) is 10.3. The summed E-state index contributed by atoms with van der Waals surface area (Å²) in [5.74, 6) is 0. The van der Waals surface area contributed by atoms with E-state index in [-0.39, 0.29) is 0 Å². The van der Waals surface area contributed by atoms with Crippen molar-refractivity contribution in [2.24, 2.45) is 0 Å². The lowest BCUT2D eigenvalue weighted by Crippen LogP contribution is -1.98. The Balaban J connectivity index is 1.39. The van der Waals surface area contributed by atoms with E-state index >= 15 is 0 Å². The van der Waals surface area contributed by atoms with Crippen LogP contribution in [0.2, 0.25) is 0 Å². The summed E-state index contributed by atoms with van der Waals surface area (Å²) in [4.78, 5) is 0. The monoisotopic (exact) mass is 710 g/mol. The Kier molecular flexibility index (Phi) is 13.8. The predicted octanol–water partition coefficient (Wildman–Crippen LogP) is 16.3. The van der Waals surface area contributed by atoms with Gasteiger partial charge in [0, 0.05) is 0 Å². The molecule has 0 aromatic heterocycles. The standard InChI is InChI=1S/C54H62/c1-7-9-11-13-15-19-49-37-47(43-21-17-23-45(35-43)51-31-39(3)29-40(4)32-51)25-27-53(49)54-28-26-48(38-50(54)20-16-14-12-10-8-2)44-22-18-24-46(36-44)52-33-41(5)30-42(6)34-52/h17-18,21-38H,7-16,19-20H2,1-6H3. The van der Waals surface area contributed by atoms with Gasteiger partial charge >= 0.3 is 0 Å². The van der Waals surface area contributed by atoms with Crippen LogP contribution in [0.15, 0.2) is 121 Å². The fourth-order valence-electron chi connectivity index (χ4n) is 8.36. The third-order valence-electron chi connectivity index (χ3n) is 11.1. The second-order valence-electron chi connectivity index (χ2n) is 16.0. The van der Waals surface area contributed by atoms with Crippen molar-refractivity contribution in [1.82, 2.24) is 0 Å². The summed E-state index contributed by atoms with van der Waals surface area (Å²) in [6, 6.07) is 46.7. The molecular formula is C54H62. The molecule has 0 nitrogen and oxygen atoms in total. The zero-order chi connectivity index (χ0) is 37.9. The average Bonchev–Trinajstić information content (AvgIpc) is 3.17. The van der Waals surface area contributed by atoms with Crippen molar-refractivity contribution in [1.29, 1.82) is 0 Å². The molecular weight excluding hydrogens is 649 g/mol. The third-order valence-corrected chi connectivity index (χ3v) is 11.1. The molecule has 0 aliphatic rings. The Morgan fingerprint density at radius 2 is 0.630 bits per heavy atom. The molecule has 0 atom stereocenters. The molecule has 0 amide bonds. The van der Waals surface area contributed by atoms with E-state index in [0.717, 1.165) is 12.8 Å². The van der Waals surface area contributed by atoms with Gasteiger partial charge in [0.25, 0.3) is 0 Å². The first-order valence-electron chi connectivity index (χ1n) is 21.0. The van der Waals surface area contributed by atoms with Gasteiger partial charge < -0.3 is 0 Å². The van der Waals surface area contributed by atoms with E-state index in [0.29, 0.717) is 0 Å². The Bertz CT molecular complexity index is 1950. The zero-order valence-electron chi connectivity index (χ0n) is 34.0. The van der Waals surface area contributed by atoms with Gasteiger partial charge in [0.2, 0.25) is 0 Å². The van der Waals surface area contributed by atoms with Crippen LogP contribution in [0.3, 0.4) is 0 Å². The predicted molar refractivity (Wildman–Crippen MR) is 237 cm³/mol. The maximum Gasteiger partial charge on any atom is -0.0149 e. The molecule has 0 aliphatic heterocycles. The fraction of sp³-hybridized carbons (Fsp3) is 0.333. The molecule has 6 aromatic carbocycles. The molecule has 278 valence electrons. The Labute approximate surface area is 327 Å². The maximum atomic E-state index is 2.52. The van der Waals surface area contributed by atoms with Gasteiger partial charge in [0.15, 0.2) is 0 Å². The van der Waals surface area contributed by atoms with Crippen molar-refractivity contribution in [3.63, 3.8) is 0 Å². The molecule has 0 N–H and O–H groups in total. The van der Waals surface area contributed by atoms with Gasteiger partial charge in [-0.1, -0.05) is 197 Å². The van der Waals surface area contributed by atoms with E-state index in [9.17, 15) is 0 Å². The average molecular weight is 711 g/mol. The van der Waals surface area contributed by atoms with Gasteiger partial charge in [0.1, 0.15) is 0 Å². The zero-order valence-corrected chi connectivity index (χ0v) is 34.0. The summed E-state index contributed by atoms with van der Waals surface area (Å²) in [5, 5.41) is 0. The van der Waals surface area contributed by atoms with Crippen molar-refractivity contribution in [3.8, 4) is 55.6 Å². The minimum atomic E-state index is 1.11. The normalized spacial score (nSPS) is 11.3. The molecule has 0 fully saturated rings. The van der Waals surface area contributed by atoms with E-state index in [1.807, 2.05) is 0 Å². The lowest BCUT2D eigenvalue weighted by molar-refractivity contribution is 0.631. The summed E-state index contributed by atoms with van der Waals surface area (Å²) in [5.41, 5.74) is 21.4. The van der Waals surface area contributed by atoms with Crippen LogP contribution >= 0.6 is 0 Å². The molecule has 0 heteroatoms. The van der Waals surface area contributed by atoms with E-state index in [1.54, 1.807) is 0 Å². The number of benzene rings is 6. The van der Waals surface area contributed by atoms with Gasteiger partial charge in [-0.15, -0.1) is 0 Å². The quantitative estimate of drug-likeness (QED) is 0.0827. The fourth-order valence-corrected chi connectivity index (χ4v) is 8.36. The molecule has 0 saturated heterocycles. The molecule has 6 rings (SSSR count). The van der Waals surface area contributed by atoms with E-state index < -0.39 is 0 Å². The lowest BCUT2D eigenvalue weighted by Gasteiger charge is -2.18. The van der Waals surface area contributed by atoms with Crippen molar-refractivity contribution in [3.05, 3.63) is 155 Å². The summed E-state index contributed by atoms with van der Waals surface area (Å²) in [7, 11) is 0. The smallest absolute Gasteiger partial charge is 0.0149 e. The van der Waals surface area contributed by atoms with Crippen molar-refractivity contribution in [2.75, 3.05) is 0 Å². The van der Waals surface area contributed by atoms with Gasteiger partial charge in [-0.3, -0.25) is 0 Å². The molecule has 0 aliphatic carbocycles. The Hall–Kier alpha value is -4.68. The summed E-state index contributed by atoms with van der Waals surface area (Å²) in [6.07, 6.45) is 15.1. The van der Waals surface area contributed by atoms with Crippen LogP contribution < -0.4 is 0 Å². The molecule has 0 radical (unpaired) electrons. The minimum Gasteiger partial charge on any atom is -0.0654 e. The second kappa shape index (κ2) is 19.1. The summed E-state index contributed by atoms with van der Waals surface area (Å²) < 4.78 is 0. The highest BCUT2D eigenvalue weighted by Gasteiger charge is 2.15. The first kappa shape index (κ1) is 39.0. The van der Waals surface area contributed by atoms with Gasteiger partial charge in [-0.2, -0.15) is 0 Å². The minimum absolute atomic E-state index is 1.11. The molecule has 0 heterocycles. The van der Waals surface area contributed by atoms with Crippen LogP contribution in [0.25, 0.3) is 55.6 Å². The van der Waals surface area contributed by atoms with Gasteiger partial charge in [-0.25, -0.2) is 0 Å². The van der Waals surface area contributed by atoms with Crippen LogP contribution in [-0.2, 0) is 12.8 Å². The first-order valence-corrected chi connectivity index (χ1v) is 21.0. The van der Waals surface area contributed by atoms with Crippen LogP contribution in [0, 0.1) is 27.7 Å². The topological polar surface area (TPSA) is 0 Å². The van der Waals surface area contributed by atoms with Crippen molar-refractivity contribution < 1.29 is 0 Å². The molecule has 0 saturated carbocycles. The van der Waals surface area contributed by atoms with Crippen molar-refractivity contribution in [2.45, 2.75) is 119 Å². The number of rotatable bonds is 17. The molecule has 6 aromatic rings. The SMILES string of the molecule is CCCCCCCc1cc(-c2cccc(-c3cc(C)cc(C)c3)c2)ccc1-c1ccc(-c2cccc(-c3cc(C)cc(C)c3)c2)cc1CCCCCCC. The highest BCUT2D eigenvalue weighted by atomic mass is 14.2. The highest BCUT2D eigenvalue weighted by molar-refractivity contribution is 5.81.